The molecule has 0 aliphatic heterocycles. The summed E-state index contributed by atoms with van der Waals surface area (Å²) in [5.74, 6) is -2.56. The van der Waals surface area contributed by atoms with E-state index in [1.165, 1.54) is 0 Å². The van der Waals surface area contributed by atoms with E-state index in [9.17, 15) is 14.4 Å². The first kappa shape index (κ1) is 7.61. The Labute approximate surface area is 50.7 Å². The van der Waals surface area contributed by atoms with Crippen LogP contribution in [0.4, 0.5) is 0 Å². The number of aliphatic carboxylic acids is 1. The normalized spacial score (nSPS) is 8.00. The number of carboxylic acids is 1. The second-order valence-corrected chi connectivity index (χ2v) is 1.23. The van der Waals surface area contributed by atoms with Crippen molar-refractivity contribution in [2.24, 2.45) is 0 Å². The first-order chi connectivity index (χ1) is 4.18. The first-order valence-electron chi connectivity index (χ1n) is 2.11. The number of hydrogen-bond acceptors (Lipinski definition) is 3. The van der Waals surface area contributed by atoms with E-state index in [1.54, 1.807) is 0 Å². The van der Waals surface area contributed by atoms with Crippen molar-refractivity contribution in [3.8, 4) is 0 Å². The molecule has 0 radical (unpaired) electrons. The van der Waals surface area contributed by atoms with Crippen LogP contribution in [-0.4, -0.2) is 29.8 Å². The molecular formula is C4H5NO4. The molecule has 0 heterocycles. The molecule has 5 heteroatoms. The minimum Gasteiger partial charge on any atom is -0.475 e. The zero-order valence-electron chi connectivity index (χ0n) is 4.46. The first-order valence-corrected chi connectivity index (χ1v) is 2.11. The minimum atomic E-state index is -1.54. The Morgan fingerprint density at radius 2 is 2.11 bits per heavy atom. The number of Topliss-reactive ketones (excluding diaryl/α,β-unsaturated/α-hetero) is 1. The maximum Gasteiger partial charge on any atom is 0.374 e. The maximum absolute atomic E-state index is 10.1. The minimum absolute atomic E-state index is 0.265. The lowest BCUT2D eigenvalue weighted by molar-refractivity contribution is -0.148. The van der Waals surface area contributed by atoms with Gasteiger partial charge in [-0.1, -0.05) is 0 Å². The van der Waals surface area contributed by atoms with Gasteiger partial charge in [0.2, 0.25) is 6.41 Å². The molecule has 0 saturated heterocycles. The SMILES string of the molecule is O=CNCC(=O)C(=O)O. The van der Waals surface area contributed by atoms with Crippen molar-refractivity contribution in [2.45, 2.75) is 0 Å². The third-order valence-corrected chi connectivity index (χ3v) is 0.584. The van der Waals surface area contributed by atoms with Crippen molar-refractivity contribution in [3.05, 3.63) is 0 Å². The summed E-state index contributed by atoms with van der Waals surface area (Å²) in [7, 11) is 0. The molecule has 0 unspecified atom stereocenters. The molecule has 2 N–H and O–H groups in total. The topological polar surface area (TPSA) is 83.5 Å². The molecule has 0 saturated carbocycles. The average molecular weight is 131 g/mol. The number of carboxylic acid groups (broad SMARTS) is 1. The Balaban J connectivity index is 3.51. The van der Waals surface area contributed by atoms with Crippen molar-refractivity contribution in [1.29, 1.82) is 0 Å². The van der Waals surface area contributed by atoms with Crippen LogP contribution >= 0.6 is 0 Å². The summed E-state index contributed by atoms with van der Waals surface area (Å²) in [6, 6.07) is 0. The van der Waals surface area contributed by atoms with Crippen LogP contribution in [0, 0.1) is 0 Å². The monoisotopic (exact) mass is 131 g/mol. The van der Waals surface area contributed by atoms with Gasteiger partial charge in [-0.15, -0.1) is 0 Å². The zero-order chi connectivity index (χ0) is 7.28. The molecule has 50 valence electrons. The summed E-state index contributed by atoms with van der Waals surface area (Å²) in [6.45, 7) is -0.446. The van der Waals surface area contributed by atoms with Crippen molar-refractivity contribution >= 4 is 18.2 Å². The molecule has 0 atom stereocenters. The highest BCUT2D eigenvalue weighted by Crippen LogP contribution is 1.66. The largest absolute Gasteiger partial charge is 0.475 e. The fourth-order valence-electron chi connectivity index (χ4n) is 0.210. The van der Waals surface area contributed by atoms with Gasteiger partial charge >= 0.3 is 5.97 Å². The van der Waals surface area contributed by atoms with Gasteiger partial charge in [0.25, 0.3) is 5.78 Å². The predicted octanol–water partition coefficient (Wildman–Crippen LogP) is -1.61. The molecule has 0 fully saturated rings. The van der Waals surface area contributed by atoms with E-state index >= 15 is 0 Å². The Bertz CT molecular complexity index is 142. The summed E-state index contributed by atoms with van der Waals surface area (Å²) in [4.78, 5) is 29.3. The number of nitrogens with one attached hydrogen (secondary N) is 1. The summed E-state index contributed by atoms with van der Waals surface area (Å²) >= 11 is 0. The van der Waals surface area contributed by atoms with Gasteiger partial charge in [-0.2, -0.15) is 0 Å². The second-order valence-electron chi connectivity index (χ2n) is 1.23. The fraction of sp³-hybridized carbons (Fsp3) is 0.250. The van der Waals surface area contributed by atoms with Gasteiger partial charge < -0.3 is 10.4 Å². The summed E-state index contributed by atoms with van der Waals surface area (Å²) in [5, 5.41) is 9.82. The van der Waals surface area contributed by atoms with Gasteiger partial charge in [-0.3, -0.25) is 9.59 Å². The van der Waals surface area contributed by atoms with E-state index in [-0.39, 0.29) is 6.41 Å². The van der Waals surface area contributed by atoms with Crippen molar-refractivity contribution in [1.82, 2.24) is 5.32 Å². The van der Waals surface area contributed by atoms with E-state index in [0.717, 1.165) is 0 Å². The molecule has 5 nitrogen and oxygen atoms in total. The highest BCUT2D eigenvalue weighted by molar-refractivity contribution is 6.33. The lowest BCUT2D eigenvalue weighted by Crippen LogP contribution is -2.27. The van der Waals surface area contributed by atoms with Crippen LogP contribution in [0.25, 0.3) is 0 Å². The van der Waals surface area contributed by atoms with Crippen LogP contribution in [0.2, 0.25) is 0 Å². The number of amides is 1. The molecular weight excluding hydrogens is 126 g/mol. The molecule has 0 aliphatic rings. The molecule has 9 heavy (non-hydrogen) atoms. The molecule has 0 aromatic heterocycles. The number of carbonyl (C=O) groups is 3. The van der Waals surface area contributed by atoms with E-state index in [4.69, 9.17) is 5.11 Å². The third kappa shape index (κ3) is 3.22. The predicted molar refractivity (Wildman–Crippen MR) is 26.7 cm³/mol. The smallest absolute Gasteiger partial charge is 0.374 e. The van der Waals surface area contributed by atoms with Gasteiger partial charge in [0.1, 0.15) is 0 Å². The molecule has 1 amide bonds. The number of rotatable bonds is 4. The van der Waals surface area contributed by atoms with E-state index < -0.39 is 18.3 Å². The Morgan fingerprint density at radius 3 is 2.44 bits per heavy atom. The van der Waals surface area contributed by atoms with Crippen LogP contribution in [0.1, 0.15) is 0 Å². The Kier molecular flexibility index (Phi) is 3.04. The summed E-state index contributed by atoms with van der Waals surface area (Å²) in [6.07, 6.45) is 0.265. The summed E-state index contributed by atoms with van der Waals surface area (Å²) in [5.41, 5.74) is 0. The Morgan fingerprint density at radius 1 is 1.56 bits per heavy atom. The van der Waals surface area contributed by atoms with Gasteiger partial charge in [0, 0.05) is 0 Å². The lowest BCUT2D eigenvalue weighted by atomic mass is 10.4. The molecule has 0 bridgehead atoms. The number of carbonyl (C=O) groups excluding carboxylic acids is 2. The highest BCUT2D eigenvalue weighted by atomic mass is 16.4. The fourth-order valence-corrected chi connectivity index (χ4v) is 0.210. The van der Waals surface area contributed by atoms with Gasteiger partial charge in [-0.25, -0.2) is 4.79 Å². The van der Waals surface area contributed by atoms with Crippen LogP contribution in [0.15, 0.2) is 0 Å². The zero-order valence-corrected chi connectivity index (χ0v) is 4.46. The maximum atomic E-state index is 10.1. The molecule has 0 rings (SSSR count). The van der Waals surface area contributed by atoms with E-state index in [1.807, 2.05) is 5.32 Å². The molecule has 0 aromatic carbocycles. The van der Waals surface area contributed by atoms with E-state index in [2.05, 4.69) is 0 Å². The Hall–Kier alpha value is -1.39. The van der Waals surface area contributed by atoms with Crippen LogP contribution in [-0.2, 0) is 14.4 Å². The number of hydrogen-bond donors (Lipinski definition) is 2. The summed E-state index contributed by atoms with van der Waals surface area (Å²) < 4.78 is 0. The van der Waals surface area contributed by atoms with Crippen LogP contribution in [0.5, 0.6) is 0 Å². The van der Waals surface area contributed by atoms with Gasteiger partial charge in [0.15, 0.2) is 0 Å². The molecule has 0 aromatic rings. The van der Waals surface area contributed by atoms with E-state index in [0.29, 0.717) is 0 Å². The third-order valence-electron chi connectivity index (χ3n) is 0.584. The average Bonchev–Trinajstić information content (AvgIpc) is 1.82. The van der Waals surface area contributed by atoms with Crippen LogP contribution in [0.3, 0.4) is 0 Å². The second kappa shape index (κ2) is 3.59. The van der Waals surface area contributed by atoms with Crippen molar-refractivity contribution < 1.29 is 19.5 Å². The quantitative estimate of drug-likeness (QED) is 0.355. The molecule has 0 spiro atoms. The van der Waals surface area contributed by atoms with Crippen LogP contribution < -0.4 is 5.32 Å². The van der Waals surface area contributed by atoms with Gasteiger partial charge in [0.05, 0.1) is 6.54 Å². The standard InChI is InChI=1S/C4H5NO4/c6-2-5-1-3(7)4(8)9/h2H,1H2,(H,5,6)(H,8,9). The molecule has 0 aliphatic carbocycles. The highest BCUT2D eigenvalue weighted by Gasteiger charge is 2.08. The number of ketones is 1. The van der Waals surface area contributed by atoms with Crippen molar-refractivity contribution in [2.75, 3.05) is 6.54 Å². The van der Waals surface area contributed by atoms with Gasteiger partial charge in [-0.05, 0) is 0 Å². The lowest BCUT2D eigenvalue weighted by Gasteiger charge is -1.89. The van der Waals surface area contributed by atoms with Crippen molar-refractivity contribution in [3.63, 3.8) is 0 Å².